The van der Waals surface area contributed by atoms with Gasteiger partial charge in [0.15, 0.2) is 17.0 Å². The molecule has 1 aromatic carbocycles. The van der Waals surface area contributed by atoms with Gasteiger partial charge in [0.1, 0.15) is 11.9 Å². The zero-order valence-electron chi connectivity index (χ0n) is 18.4. The largest absolute Gasteiger partial charge is 0.497 e. The van der Waals surface area contributed by atoms with Crippen molar-refractivity contribution >= 4 is 22.9 Å². The first-order chi connectivity index (χ1) is 15.9. The number of carbonyl (C=O) groups is 1. The van der Waals surface area contributed by atoms with E-state index in [-0.39, 0.29) is 17.6 Å². The predicted molar refractivity (Wildman–Crippen MR) is 120 cm³/mol. The molecule has 2 aliphatic rings. The maximum absolute atomic E-state index is 12.5. The van der Waals surface area contributed by atoms with Gasteiger partial charge in [-0.05, 0) is 36.6 Å². The van der Waals surface area contributed by atoms with Crippen LogP contribution in [0.2, 0.25) is 0 Å². The third kappa shape index (κ3) is 3.12. The van der Waals surface area contributed by atoms with Gasteiger partial charge in [-0.15, -0.1) is 0 Å². The molecule has 170 valence electrons. The van der Waals surface area contributed by atoms with Crippen molar-refractivity contribution in [3.8, 4) is 17.6 Å². The lowest BCUT2D eigenvalue weighted by atomic mass is 9.98. The summed E-state index contributed by atoms with van der Waals surface area (Å²) in [6, 6.07) is 6.79. The minimum absolute atomic E-state index is 0.221. The number of amides is 1. The van der Waals surface area contributed by atoms with Crippen LogP contribution < -0.4 is 15.4 Å². The average molecular weight is 448 g/mol. The molecule has 0 bridgehead atoms. The number of nitrogens with one attached hydrogen (secondary N) is 2. The fraction of sp³-hybridized carbons (Fsp3) is 0.391. The zero-order valence-corrected chi connectivity index (χ0v) is 18.4. The van der Waals surface area contributed by atoms with Gasteiger partial charge in [0, 0.05) is 25.6 Å². The molecule has 2 heterocycles. The van der Waals surface area contributed by atoms with E-state index in [2.05, 4.69) is 37.4 Å². The van der Waals surface area contributed by atoms with E-state index in [0.29, 0.717) is 23.4 Å². The highest BCUT2D eigenvalue weighted by Crippen LogP contribution is 2.67. The van der Waals surface area contributed by atoms with Crippen LogP contribution in [-0.2, 0) is 4.79 Å². The lowest BCUT2D eigenvalue weighted by Crippen LogP contribution is -2.41. The number of carbonyl (C=O) groups excluding carboxylic acids is 1. The number of benzene rings is 1. The van der Waals surface area contributed by atoms with E-state index in [0.717, 1.165) is 11.3 Å². The van der Waals surface area contributed by atoms with Gasteiger partial charge in [-0.2, -0.15) is 0 Å². The number of aliphatic hydroxyl groups excluding tert-OH is 2. The molecule has 2 aliphatic carbocycles. The number of ether oxygens (including phenoxy) is 1. The lowest BCUT2D eigenvalue weighted by Gasteiger charge is -2.23. The summed E-state index contributed by atoms with van der Waals surface area (Å²) in [4.78, 5) is 25.9. The Morgan fingerprint density at radius 3 is 2.64 bits per heavy atom. The van der Waals surface area contributed by atoms with E-state index in [4.69, 9.17) is 4.74 Å². The van der Waals surface area contributed by atoms with E-state index in [1.165, 1.54) is 7.05 Å². The van der Waals surface area contributed by atoms with Crippen LogP contribution in [0.4, 0.5) is 5.82 Å². The van der Waals surface area contributed by atoms with Gasteiger partial charge in [-0.25, -0.2) is 15.0 Å². The van der Waals surface area contributed by atoms with Gasteiger partial charge in [-0.3, -0.25) is 4.79 Å². The first-order valence-corrected chi connectivity index (χ1v) is 10.6. The van der Waals surface area contributed by atoms with Crippen LogP contribution in [0.5, 0.6) is 5.75 Å². The second-order valence-electron chi connectivity index (χ2n) is 8.30. The number of anilines is 1. The lowest BCUT2D eigenvalue weighted by molar-refractivity contribution is -0.132. The van der Waals surface area contributed by atoms with Crippen molar-refractivity contribution in [2.24, 2.45) is 11.3 Å². The molecule has 0 radical (unpaired) electrons. The van der Waals surface area contributed by atoms with E-state index in [9.17, 15) is 15.0 Å². The average Bonchev–Trinajstić information content (AvgIpc) is 3.38. The summed E-state index contributed by atoms with van der Waals surface area (Å²) in [5.41, 5.74) is 0.795. The van der Waals surface area contributed by atoms with Crippen LogP contribution >= 0.6 is 0 Å². The van der Waals surface area contributed by atoms with Crippen molar-refractivity contribution < 1.29 is 19.7 Å². The number of imidazole rings is 1. The van der Waals surface area contributed by atoms with Gasteiger partial charge in [0.05, 0.1) is 31.0 Å². The molecule has 5 atom stereocenters. The first kappa shape index (κ1) is 21.2. The molecule has 0 aliphatic heterocycles. The number of rotatable bonds is 4. The number of nitrogens with zero attached hydrogens (tertiary/aromatic N) is 4. The molecule has 10 heteroatoms. The molecule has 0 spiro atoms. The summed E-state index contributed by atoms with van der Waals surface area (Å²) in [6.45, 7) is 0. The number of aromatic nitrogens is 4. The number of fused-ring (bicyclic) bond motifs is 2. The Balaban J connectivity index is 1.54. The Morgan fingerprint density at radius 1 is 1.21 bits per heavy atom. The minimum atomic E-state index is -1.16. The topological polar surface area (TPSA) is 134 Å². The summed E-state index contributed by atoms with van der Waals surface area (Å²) in [7, 11) is 4.87. The molecular weight excluding hydrogens is 424 g/mol. The first-order valence-electron chi connectivity index (χ1n) is 10.6. The Hall–Kier alpha value is -3.68. The Kier molecular flexibility index (Phi) is 4.96. The highest BCUT2D eigenvalue weighted by Gasteiger charge is 2.75. The predicted octanol–water partition coefficient (Wildman–Crippen LogP) is 0.305. The molecule has 2 saturated carbocycles. The standard InChI is InChI=1S/C23H24N6O4/c1-24-20-16-21(28-15(27-20)9-6-12-4-7-13(33-3)8-5-12)29(11-26-16)17-14-10-23(14,22(32)25-2)19(31)18(17)30/h4-5,7-8,11,14,17-19,30-31H,10H2,1-3H3,(H,25,32)(H,24,27,28)/t14-,17-,18+,19+,23+/m1/s1. The minimum Gasteiger partial charge on any atom is -0.497 e. The van der Waals surface area contributed by atoms with Crippen molar-refractivity contribution in [3.05, 3.63) is 42.0 Å². The van der Waals surface area contributed by atoms with Crippen LogP contribution in [0.1, 0.15) is 23.9 Å². The van der Waals surface area contributed by atoms with Crippen LogP contribution in [0, 0.1) is 23.2 Å². The molecule has 5 rings (SSSR count). The normalized spacial score (nSPS) is 27.4. The molecule has 2 fully saturated rings. The van der Waals surface area contributed by atoms with Gasteiger partial charge in [0.25, 0.3) is 0 Å². The molecule has 0 saturated heterocycles. The molecule has 4 N–H and O–H groups in total. The van der Waals surface area contributed by atoms with Crippen LogP contribution in [0.15, 0.2) is 30.6 Å². The molecule has 3 aromatic rings. The van der Waals surface area contributed by atoms with Gasteiger partial charge in [0.2, 0.25) is 11.7 Å². The second-order valence-corrected chi connectivity index (χ2v) is 8.30. The van der Waals surface area contributed by atoms with E-state index in [1.807, 2.05) is 24.3 Å². The number of methoxy groups -OCH3 is 1. The van der Waals surface area contributed by atoms with E-state index in [1.54, 1.807) is 25.1 Å². The molecule has 1 amide bonds. The third-order valence-corrected chi connectivity index (χ3v) is 6.71. The number of hydrogen-bond acceptors (Lipinski definition) is 8. The maximum atomic E-state index is 12.5. The highest BCUT2D eigenvalue weighted by atomic mass is 16.5. The smallest absolute Gasteiger partial charge is 0.229 e. The van der Waals surface area contributed by atoms with Gasteiger partial charge >= 0.3 is 0 Å². The third-order valence-electron chi connectivity index (χ3n) is 6.71. The highest BCUT2D eigenvalue weighted by molar-refractivity contribution is 5.88. The zero-order chi connectivity index (χ0) is 23.3. The van der Waals surface area contributed by atoms with E-state index < -0.39 is 23.7 Å². The molecule has 33 heavy (non-hydrogen) atoms. The Morgan fingerprint density at radius 2 is 1.97 bits per heavy atom. The van der Waals surface area contributed by atoms with Gasteiger partial charge < -0.3 is 30.2 Å². The van der Waals surface area contributed by atoms with Crippen molar-refractivity contribution in [3.63, 3.8) is 0 Å². The number of hydrogen-bond donors (Lipinski definition) is 4. The molecular formula is C23H24N6O4. The summed E-state index contributed by atoms with van der Waals surface area (Å²) in [5, 5.41) is 27.1. The van der Waals surface area contributed by atoms with Crippen LogP contribution in [0.25, 0.3) is 11.2 Å². The molecule has 10 nitrogen and oxygen atoms in total. The SMILES string of the molecule is CNC(=O)[C@@]12C[C@@H]1[C@@H](n1cnc3c(NC)nc(C#Cc4ccc(OC)cc4)nc31)[C@H](O)[C@@H]2O. The fourth-order valence-electron chi connectivity index (χ4n) is 4.95. The summed E-state index contributed by atoms with van der Waals surface area (Å²) in [5.74, 6) is 7.06. The summed E-state index contributed by atoms with van der Waals surface area (Å²) >= 11 is 0. The van der Waals surface area contributed by atoms with E-state index >= 15 is 0 Å². The van der Waals surface area contributed by atoms with Crippen molar-refractivity contribution in [2.45, 2.75) is 24.7 Å². The van der Waals surface area contributed by atoms with Crippen LogP contribution in [0.3, 0.4) is 0 Å². The Labute approximate surface area is 190 Å². The quantitative estimate of drug-likeness (QED) is 0.419. The Bertz CT molecular complexity index is 1290. The number of aliphatic hydroxyl groups is 2. The van der Waals surface area contributed by atoms with Crippen LogP contribution in [-0.4, -0.2) is 69.1 Å². The maximum Gasteiger partial charge on any atom is 0.229 e. The van der Waals surface area contributed by atoms with Gasteiger partial charge in [-0.1, -0.05) is 5.92 Å². The monoisotopic (exact) mass is 448 g/mol. The molecule has 2 aromatic heterocycles. The van der Waals surface area contributed by atoms with Crippen molar-refractivity contribution in [1.29, 1.82) is 0 Å². The van der Waals surface area contributed by atoms with Crippen molar-refractivity contribution in [2.75, 3.05) is 26.5 Å². The fourth-order valence-corrected chi connectivity index (χ4v) is 4.95. The summed E-state index contributed by atoms with van der Waals surface area (Å²) in [6.07, 6.45) is -0.228. The molecule has 0 unspecified atom stereocenters. The summed E-state index contributed by atoms with van der Waals surface area (Å²) < 4.78 is 6.90. The second kappa shape index (κ2) is 7.72. The van der Waals surface area contributed by atoms with Crippen molar-refractivity contribution in [1.82, 2.24) is 24.8 Å².